The average Bonchev–Trinajstić information content (AvgIpc) is 3.13. The van der Waals surface area contributed by atoms with Gasteiger partial charge in [0.15, 0.2) is 11.5 Å². The molecule has 2 aromatic rings. The van der Waals surface area contributed by atoms with Crippen molar-refractivity contribution in [1.82, 2.24) is 4.90 Å². The first-order chi connectivity index (χ1) is 13.5. The molecule has 5 heteroatoms. The first-order valence-corrected chi connectivity index (χ1v) is 9.99. The molecular weight excluding hydrogens is 354 g/mol. The minimum Gasteiger partial charge on any atom is -0.504 e. The molecule has 0 spiro atoms. The van der Waals surface area contributed by atoms with Crippen LogP contribution in [0.1, 0.15) is 30.4 Å². The molecule has 3 unspecified atom stereocenters. The van der Waals surface area contributed by atoms with Crippen molar-refractivity contribution in [3.8, 4) is 17.2 Å². The Bertz CT molecular complexity index is 839. The molecule has 0 bridgehead atoms. The van der Waals surface area contributed by atoms with Crippen LogP contribution in [0.25, 0.3) is 0 Å². The second kappa shape index (κ2) is 7.64. The van der Waals surface area contributed by atoms with Crippen molar-refractivity contribution in [1.29, 1.82) is 0 Å². The summed E-state index contributed by atoms with van der Waals surface area (Å²) >= 11 is 0. The van der Waals surface area contributed by atoms with Gasteiger partial charge in [-0.1, -0.05) is 24.3 Å². The lowest BCUT2D eigenvalue weighted by Crippen LogP contribution is -2.43. The van der Waals surface area contributed by atoms with Crippen LogP contribution in [0.15, 0.2) is 42.5 Å². The lowest BCUT2D eigenvalue weighted by atomic mass is 9.67. The van der Waals surface area contributed by atoms with Gasteiger partial charge in [-0.05, 0) is 48.9 Å². The van der Waals surface area contributed by atoms with E-state index in [1.54, 1.807) is 20.3 Å². The van der Waals surface area contributed by atoms with E-state index in [-0.39, 0.29) is 11.7 Å². The fourth-order valence-corrected chi connectivity index (χ4v) is 5.16. The van der Waals surface area contributed by atoms with Crippen LogP contribution in [0.4, 0.5) is 0 Å². The number of ether oxygens (including phenoxy) is 2. The molecule has 1 aliphatic carbocycles. The number of phenols is 1. The van der Waals surface area contributed by atoms with Gasteiger partial charge in [-0.15, -0.1) is 0 Å². The molecule has 28 heavy (non-hydrogen) atoms. The number of phenolic OH excluding ortho intramolecular Hbond substituents is 1. The second-order valence-corrected chi connectivity index (χ2v) is 8.08. The largest absolute Gasteiger partial charge is 0.504 e. The van der Waals surface area contributed by atoms with Gasteiger partial charge in [0.25, 0.3) is 0 Å². The van der Waals surface area contributed by atoms with Crippen LogP contribution in [-0.4, -0.2) is 42.4 Å². The van der Waals surface area contributed by atoms with E-state index in [0.717, 1.165) is 55.8 Å². The summed E-state index contributed by atoms with van der Waals surface area (Å²) in [7, 11) is 3.23. The number of hydrogen-bond acceptors (Lipinski definition) is 5. The van der Waals surface area contributed by atoms with E-state index < -0.39 is 5.60 Å². The fraction of sp³-hybridized carbons (Fsp3) is 0.478. The van der Waals surface area contributed by atoms with Gasteiger partial charge in [-0.25, -0.2) is 0 Å². The van der Waals surface area contributed by atoms with Crippen LogP contribution >= 0.6 is 0 Å². The van der Waals surface area contributed by atoms with Crippen LogP contribution in [0, 0.1) is 11.8 Å². The molecule has 0 radical (unpaired) electrons. The number of fused-ring (bicyclic) bond motifs is 1. The van der Waals surface area contributed by atoms with E-state index in [9.17, 15) is 10.2 Å². The quantitative estimate of drug-likeness (QED) is 0.827. The zero-order valence-electron chi connectivity index (χ0n) is 16.6. The minimum absolute atomic E-state index is 0.159. The van der Waals surface area contributed by atoms with Crippen LogP contribution < -0.4 is 9.47 Å². The highest BCUT2D eigenvalue weighted by atomic mass is 16.5. The van der Waals surface area contributed by atoms with Gasteiger partial charge < -0.3 is 19.7 Å². The molecule has 5 nitrogen and oxygen atoms in total. The highest BCUT2D eigenvalue weighted by molar-refractivity contribution is 5.42. The van der Waals surface area contributed by atoms with Gasteiger partial charge in [0.2, 0.25) is 0 Å². The Morgan fingerprint density at radius 2 is 1.86 bits per heavy atom. The van der Waals surface area contributed by atoms with E-state index in [2.05, 4.69) is 4.90 Å². The Morgan fingerprint density at radius 3 is 2.64 bits per heavy atom. The van der Waals surface area contributed by atoms with Crippen molar-refractivity contribution in [2.45, 2.75) is 31.4 Å². The fourth-order valence-electron chi connectivity index (χ4n) is 5.16. The van der Waals surface area contributed by atoms with Crippen molar-refractivity contribution < 1.29 is 19.7 Å². The maximum Gasteiger partial charge on any atom is 0.160 e. The van der Waals surface area contributed by atoms with Crippen LogP contribution in [0.3, 0.4) is 0 Å². The van der Waals surface area contributed by atoms with Crippen molar-refractivity contribution in [2.75, 3.05) is 27.3 Å². The molecule has 2 aliphatic rings. The Balaban J connectivity index is 1.56. The smallest absolute Gasteiger partial charge is 0.160 e. The Kier molecular flexibility index (Phi) is 5.21. The summed E-state index contributed by atoms with van der Waals surface area (Å²) in [5.74, 6) is 2.10. The standard InChI is InChI=1S/C23H29NO4/c1-27-21-8-4-3-7-18(21)23(26)11-5-6-17-14-24(15-19(17)23)13-16-9-10-20(25)22(12-16)28-2/h3-4,7-10,12,17,19,25-26H,5-6,11,13-15H2,1-2H3. The first-order valence-electron chi connectivity index (χ1n) is 9.99. The molecule has 0 amide bonds. The van der Waals surface area contributed by atoms with Gasteiger partial charge in [0, 0.05) is 31.1 Å². The number of likely N-dealkylation sites (tertiary alicyclic amines) is 1. The number of para-hydroxylation sites is 1. The highest BCUT2D eigenvalue weighted by Crippen LogP contribution is 2.50. The molecule has 4 rings (SSSR count). The number of nitrogens with zero attached hydrogens (tertiary/aromatic N) is 1. The van der Waals surface area contributed by atoms with Crippen molar-refractivity contribution >= 4 is 0 Å². The number of aromatic hydroxyl groups is 1. The number of hydrogen-bond donors (Lipinski definition) is 2. The van der Waals surface area contributed by atoms with Gasteiger partial charge in [-0.3, -0.25) is 4.90 Å². The summed E-state index contributed by atoms with van der Waals surface area (Å²) in [5, 5.41) is 21.6. The van der Waals surface area contributed by atoms with Gasteiger partial charge >= 0.3 is 0 Å². The number of methoxy groups -OCH3 is 2. The molecular formula is C23H29NO4. The van der Waals surface area contributed by atoms with Crippen LogP contribution in [-0.2, 0) is 12.1 Å². The third kappa shape index (κ3) is 3.33. The number of rotatable bonds is 5. The van der Waals surface area contributed by atoms with Gasteiger partial charge in [-0.2, -0.15) is 0 Å². The van der Waals surface area contributed by atoms with E-state index in [1.807, 2.05) is 36.4 Å². The zero-order valence-corrected chi connectivity index (χ0v) is 16.6. The minimum atomic E-state index is -0.850. The third-order valence-electron chi connectivity index (χ3n) is 6.49. The topological polar surface area (TPSA) is 62.2 Å². The maximum absolute atomic E-state index is 11.8. The molecule has 3 atom stereocenters. The number of benzene rings is 2. The molecule has 0 aromatic heterocycles. The lowest BCUT2D eigenvalue weighted by Gasteiger charge is -2.42. The molecule has 2 fully saturated rings. The van der Waals surface area contributed by atoms with Gasteiger partial charge in [0.1, 0.15) is 5.75 Å². The highest BCUT2D eigenvalue weighted by Gasteiger charge is 2.50. The Labute approximate surface area is 166 Å². The third-order valence-corrected chi connectivity index (χ3v) is 6.49. The van der Waals surface area contributed by atoms with Crippen molar-refractivity contribution in [3.63, 3.8) is 0 Å². The van der Waals surface area contributed by atoms with Gasteiger partial charge in [0.05, 0.1) is 19.8 Å². The predicted molar refractivity (Wildman–Crippen MR) is 108 cm³/mol. The summed E-state index contributed by atoms with van der Waals surface area (Å²) < 4.78 is 10.8. The molecule has 2 aromatic carbocycles. The van der Waals surface area contributed by atoms with E-state index in [4.69, 9.17) is 9.47 Å². The molecule has 1 aliphatic heterocycles. The summed E-state index contributed by atoms with van der Waals surface area (Å²) in [4.78, 5) is 2.41. The molecule has 2 N–H and O–H groups in total. The summed E-state index contributed by atoms with van der Waals surface area (Å²) in [6.07, 6.45) is 2.95. The van der Waals surface area contributed by atoms with Crippen molar-refractivity contribution in [2.24, 2.45) is 11.8 Å². The number of aliphatic hydroxyl groups is 1. The monoisotopic (exact) mass is 383 g/mol. The van der Waals surface area contributed by atoms with Crippen molar-refractivity contribution in [3.05, 3.63) is 53.6 Å². The van der Waals surface area contributed by atoms with E-state index >= 15 is 0 Å². The summed E-state index contributed by atoms with van der Waals surface area (Å²) in [6, 6.07) is 13.4. The Hall–Kier alpha value is -2.24. The molecule has 1 saturated heterocycles. The molecule has 1 heterocycles. The van der Waals surface area contributed by atoms with E-state index in [1.165, 1.54) is 0 Å². The lowest BCUT2D eigenvalue weighted by molar-refractivity contribution is -0.0662. The first kappa shape index (κ1) is 19.1. The molecule has 150 valence electrons. The summed E-state index contributed by atoms with van der Waals surface area (Å²) in [6.45, 7) is 2.61. The van der Waals surface area contributed by atoms with E-state index in [0.29, 0.717) is 11.7 Å². The predicted octanol–water partition coefficient (Wildman–Crippen LogP) is 3.53. The van der Waals surface area contributed by atoms with Crippen LogP contribution in [0.5, 0.6) is 17.2 Å². The zero-order chi connectivity index (χ0) is 19.7. The average molecular weight is 383 g/mol. The Morgan fingerprint density at radius 1 is 1.07 bits per heavy atom. The van der Waals surface area contributed by atoms with Crippen LogP contribution in [0.2, 0.25) is 0 Å². The summed E-state index contributed by atoms with van der Waals surface area (Å²) in [5.41, 5.74) is 1.17. The second-order valence-electron chi connectivity index (χ2n) is 8.08. The SMILES string of the molecule is COc1cc(CN2CC3CCCC(O)(c4ccccc4OC)C3C2)ccc1O. The molecule has 1 saturated carbocycles. The maximum atomic E-state index is 11.8. The normalized spacial score (nSPS) is 27.4.